The van der Waals surface area contributed by atoms with Crippen LogP contribution in [0.4, 0.5) is 8.78 Å². The van der Waals surface area contributed by atoms with E-state index in [0.29, 0.717) is 0 Å². The molecule has 0 aliphatic carbocycles. The SMILES string of the molecule is OCc1cc(O)cc(CO)c1C(CF)(CF)c1c(CO)cc(O)cc1CO. The zero-order chi connectivity index (χ0) is 20.2. The molecule has 0 aromatic heterocycles. The van der Waals surface area contributed by atoms with Crippen LogP contribution in [0.25, 0.3) is 0 Å². The van der Waals surface area contributed by atoms with Crippen molar-refractivity contribution >= 4 is 0 Å². The Morgan fingerprint density at radius 3 is 1.04 bits per heavy atom. The van der Waals surface area contributed by atoms with Gasteiger partial charge in [-0.05, 0) is 57.6 Å². The van der Waals surface area contributed by atoms with Crippen LogP contribution in [0.15, 0.2) is 24.3 Å². The topological polar surface area (TPSA) is 121 Å². The summed E-state index contributed by atoms with van der Waals surface area (Å²) in [5.74, 6) is -0.595. The first-order valence-corrected chi connectivity index (χ1v) is 8.18. The Morgan fingerprint density at radius 2 is 0.852 bits per heavy atom. The van der Waals surface area contributed by atoms with Gasteiger partial charge in [-0.25, -0.2) is 8.78 Å². The molecule has 2 rings (SSSR count). The molecule has 6 N–H and O–H groups in total. The maximum atomic E-state index is 14.5. The van der Waals surface area contributed by atoms with Gasteiger partial charge in [0.1, 0.15) is 24.8 Å². The summed E-state index contributed by atoms with van der Waals surface area (Å²) in [6.07, 6.45) is 0. The Morgan fingerprint density at radius 1 is 0.593 bits per heavy atom. The van der Waals surface area contributed by atoms with Crippen molar-refractivity contribution in [1.29, 1.82) is 0 Å². The van der Waals surface area contributed by atoms with Crippen LogP contribution in [-0.4, -0.2) is 44.0 Å². The lowest BCUT2D eigenvalue weighted by Crippen LogP contribution is -2.38. The normalized spacial score (nSPS) is 11.8. The van der Waals surface area contributed by atoms with Crippen LogP contribution in [0.2, 0.25) is 0 Å². The molecule has 148 valence electrons. The molecule has 2 aromatic carbocycles. The van der Waals surface area contributed by atoms with Gasteiger partial charge >= 0.3 is 0 Å². The Bertz CT molecular complexity index is 691. The van der Waals surface area contributed by atoms with Crippen molar-refractivity contribution in [2.24, 2.45) is 0 Å². The number of aliphatic hydroxyl groups excluding tert-OH is 4. The first kappa shape index (κ1) is 21.0. The summed E-state index contributed by atoms with van der Waals surface area (Å²) in [7, 11) is 0. The summed E-state index contributed by atoms with van der Waals surface area (Å²) in [5, 5.41) is 58.3. The van der Waals surface area contributed by atoms with Gasteiger partial charge in [0.25, 0.3) is 0 Å². The molecule has 6 nitrogen and oxygen atoms in total. The van der Waals surface area contributed by atoms with E-state index in [1.165, 1.54) is 0 Å². The minimum atomic E-state index is -2.08. The van der Waals surface area contributed by atoms with E-state index < -0.39 is 45.2 Å². The average molecular weight is 384 g/mol. The van der Waals surface area contributed by atoms with E-state index in [4.69, 9.17) is 0 Å². The molecule has 8 heteroatoms. The van der Waals surface area contributed by atoms with Crippen molar-refractivity contribution in [1.82, 2.24) is 0 Å². The van der Waals surface area contributed by atoms with Gasteiger partial charge in [0.2, 0.25) is 0 Å². The molecular weight excluding hydrogens is 362 g/mol. The van der Waals surface area contributed by atoms with Gasteiger partial charge in [0.15, 0.2) is 0 Å². The largest absolute Gasteiger partial charge is 0.508 e. The highest BCUT2D eigenvalue weighted by atomic mass is 19.1. The molecule has 2 aromatic rings. The van der Waals surface area contributed by atoms with Crippen molar-refractivity contribution < 1.29 is 39.4 Å². The van der Waals surface area contributed by atoms with E-state index in [0.717, 1.165) is 24.3 Å². The second-order valence-corrected chi connectivity index (χ2v) is 6.26. The van der Waals surface area contributed by atoms with Crippen molar-refractivity contribution in [3.63, 3.8) is 0 Å². The Hall–Kier alpha value is -2.26. The lowest BCUT2D eigenvalue weighted by molar-refractivity contribution is 0.231. The monoisotopic (exact) mass is 384 g/mol. The first-order valence-electron chi connectivity index (χ1n) is 8.18. The highest BCUT2D eigenvalue weighted by Gasteiger charge is 2.42. The van der Waals surface area contributed by atoms with Gasteiger partial charge in [-0.3, -0.25) is 0 Å². The molecule has 0 unspecified atom stereocenters. The van der Waals surface area contributed by atoms with Crippen molar-refractivity contribution in [2.45, 2.75) is 31.8 Å². The minimum Gasteiger partial charge on any atom is -0.508 e. The first-order chi connectivity index (χ1) is 12.9. The maximum absolute atomic E-state index is 14.5. The third-order valence-electron chi connectivity index (χ3n) is 4.67. The fourth-order valence-corrected chi connectivity index (χ4v) is 3.65. The average Bonchev–Trinajstić information content (AvgIpc) is 2.69. The van der Waals surface area contributed by atoms with Crippen molar-refractivity contribution in [2.75, 3.05) is 13.3 Å². The van der Waals surface area contributed by atoms with Crippen molar-refractivity contribution in [3.8, 4) is 11.5 Å². The zero-order valence-corrected chi connectivity index (χ0v) is 14.5. The molecule has 0 fully saturated rings. The molecule has 0 amide bonds. The van der Waals surface area contributed by atoms with E-state index in [1.54, 1.807) is 0 Å². The van der Waals surface area contributed by atoms with Crippen LogP contribution in [0.3, 0.4) is 0 Å². The van der Waals surface area contributed by atoms with Gasteiger partial charge in [-0.1, -0.05) is 0 Å². The third-order valence-corrected chi connectivity index (χ3v) is 4.67. The fraction of sp³-hybridized carbons (Fsp3) is 0.368. The van der Waals surface area contributed by atoms with Gasteiger partial charge in [-0.2, -0.15) is 0 Å². The lowest BCUT2D eigenvalue weighted by atomic mass is 9.69. The lowest BCUT2D eigenvalue weighted by Gasteiger charge is -2.36. The van der Waals surface area contributed by atoms with E-state index in [-0.39, 0.29) is 44.9 Å². The predicted octanol–water partition coefficient (Wildman–Crippen LogP) is 1.29. The van der Waals surface area contributed by atoms with Crippen LogP contribution >= 0.6 is 0 Å². The quantitative estimate of drug-likeness (QED) is 0.408. The van der Waals surface area contributed by atoms with Gasteiger partial charge in [0, 0.05) is 0 Å². The van der Waals surface area contributed by atoms with Gasteiger partial charge < -0.3 is 30.6 Å². The summed E-state index contributed by atoms with van der Waals surface area (Å²) in [4.78, 5) is 0. The summed E-state index contributed by atoms with van der Waals surface area (Å²) >= 11 is 0. The Balaban J connectivity index is 2.98. The number of aromatic hydroxyl groups is 2. The number of phenols is 2. The number of rotatable bonds is 8. The Labute approximate surface area is 154 Å². The smallest absolute Gasteiger partial charge is 0.116 e. The second-order valence-electron chi connectivity index (χ2n) is 6.26. The summed E-state index contributed by atoms with van der Waals surface area (Å²) in [5.41, 5.74) is -2.25. The number of halogens is 2. The fourth-order valence-electron chi connectivity index (χ4n) is 3.65. The van der Waals surface area contributed by atoms with Crippen LogP contribution in [-0.2, 0) is 31.8 Å². The predicted molar refractivity (Wildman–Crippen MR) is 92.6 cm³/mol. The molecule has 0 saturated heterocycles. The molecule has 0 heterocycles. The summed E-state index contributed by atoms with van der Waals surface area (Å²) < 4.78 is 28.9. The minimum absolute atomic E-state index is 0.00444. The number of aliphatic hydroxyl groups is 4. The zero-order valence-electron chi connectivity index (χ0n) is 14.5. The van der Waals surface area contributed by atoms with Crippen LogP contribution in [0.1, 0.15) is 33.4 Å². The number of hydrogen-bond donors (Lipinski definition) is 6. The highest BCUT2D eigenvalue weighted by molar-refractivity contribution is 5.56. The molecule has 0 aliphatic heterocycles. The molecule has 27 heavy (non-hydrogen) atoms. The molecule has 0 radical (unpaired) electrons. The van der Waals surface area contributed by atoms with Crippen LogP contribution < -0.4 is 0 Å². The van der Waals surface area contributed by atoms with Crippen LogP contribution in [0, 0.1) is 0 Å². The molecule has 0 saturated carbocycles. The number of hydrogen-bond acceptors (Lipinski definition) is 6. The van der Waals surface area contributed by atoms with Crippen LogP contribution in [0.5, 0.6) is 11.5 Å². The third kappa shape index (κ3) is 3.61. The molecule has 0 spiro atoms. The number of alkyl halides is 2. The molecule has 0 bridgehead atoms. The maximum Gasteiger partial charge on any atom is 0.116 e. The van der Waals surface area contributed by atoms with E-state index in [9.17, 15) is 39.4 Å². The van der Waals surface area contributed by atoms with E-state index >= 15 is 0 Å². The number of phenolic OH excluding ortho intramolecular Hbond substituents is 2. The summed E-state index contributed by atoms with van der Waals surface area (Å²) in [6.45, 7) is -5.31. The van der Waals surface area contributed by atoms with E-state index in [1.807, 2.05) is 0 Å². The molecular formula is C19H22F2O6. The molecule has 0 aliphatic rings. The van der Waals surface area contributed by atoms with Crippen molar-refractivity contribution in [3.05, 3.63) is 57.6 Å². The standard InChI is InChI=1S/C19H22F2O6/c20-9-19(10-21,17-11(5-22)1-15(26)2-12(17)6-23)18-13(7-24)3-16(27)4-14(18)8-25/h1-4,22-27H,5-10H2. The Kier molecular flexibility index (Phi) is 6.72. The molecule has 0 atom stereocenters. The number of benzene rings is 2. The highest BCUT2D eigenvalue weighted by Crippen LogP contribution is 2.43. The summed E-state index contributed by atoms with van der Waals surface area (Å²) in [6, 6.07) is 4.52. The second kappa shape index (κ2) is 8.62. The van der Waals surface area contributed by atoms with Gasteiger partial charge in [0.05, 0.1) is 31.8 Å². The van der Waals surface area contributed by atoms with Gasteiger partial charge in [-0.15, -0.1) is 0 Å². The van der Waals surface area contributed by atoms with E-state index in [2.05, 4.69) is 0 Å².